The van der Waals surface area contributed by atoms with Crippen LogP contribution in [0.3, 0.4) is 0 Å². The lowest BCUT2D eigenvalue weighted by Gasteiger charge is -2.14. The van der Waals surface area contributed by atoms with E-state index in [9.17, 15) is 28.0 Å². The standard InChI is InChI=1S/C25H18F2N2O6/c1-2-34-17-7-5-16(6-8-17)29-23(31)18-9-3-14(11-19(18)24(29)32)25(33)35-13-22(30)28-21-10-4-15(26)12-20(21)27/h3-12H,2,13H2,1H3,(H,28,30). The molecule has 0 atom stereocenters. The van der Waals surface area contributed by atoms with Gasteiger partial charge in [-0.1, -0.05) is 0 Å². The van der Waals surface area contributed by atoms with E-state index in [1.807, 2.05) is 6.92 Å². The normalized spacial score (nSPS) is 12.4. The van der Waals surface area contributed by atoms with Crippen LogP contribution >= 0.6 is 0 Å². The molecule has 3 aromatic rings. The summed E-state index contributed by atoms with van der Waals surface area (Å²) in [6, 6.07) is 12.8. The van der Waals surface area contributed by atoms with E-state index >= 15 is 0 Å². The fourth-order valence-electron chi connectivity index (χ4n) is 3.45. The van der Waals surface area contributed by atoms with Crippen LogP contribution in [0.1, 0.15) is 38.0 Å². The lowest BCUT2D eigenvalue weighted by atomic mass is 10.1. The zero-order valence-corrected chi connectivity index (χ0v) is 18.3. The van der Waals surface area contributed by atoms with E-state index in [0.29, 0.717) is 24.1 Å². The van der Waals surface area contributed by atoms with E-state index in [4.69, 9.17) is 9.47 Å². The zero-order chi connectivity index (χ0) is 25.1. The summed E-state index contributed by atoms with van der Waals surface area (Å²) in [6.07, 6.45) is 0. The Kier molecular flexibility index (Phi) is 6.54. The van der Waals surface area contributed by atoms with Gasteiger partial charge in [-0.3, -0.25) is 14.4 Å². The minimum atomic E-state index is -0.983. The number of rotatable bonds is 7. The number of carbonyl (C=O) groups excluding carboxylic acids is 4. The molecule has 35 heavy (non-hydrogen) atoms. The molecule has 10 heteroatoms. The summed E-state index contributed by atoms with van der Waals surface area (Å²) in [7, 11) is 0. The van der Waals surface area contributed by atoms with Crippen molar-refractivity contribution in [1.29, 1.82) is 0 Å². The summed E-state index contributed by atoms with van der Waals surface area (Å²) in [5.74, 6) is -4.14. The Bertz CT molecular complexity index is 1340. The maximum atomic E-state index is 13.6. The summed E-state index contributed by atoms with van der Waals surface area (Å²) in [4.78, 5) is 51.1. The third kappa shape index (κ3) is 4.86. The Labute approximate surface area is 198 Å². The van der Waals surface area contributed by atoms with E-state index in [1.54, 1.807) is 24.3 Å². The van der Waals surface area contributed by atoms with Crippen LogP contribution in [0.4, 0.5) is 20.2 Å². The van der Waals surface area contributed by atoms with E-state index in [0.717, 1.165) is 17.0 Å². The van der Waals surface area contributed by atoms with E-state index in [2.05, 4.69) is 5.32 Å². The highest BCUT2D eigenvalue weighted by Gasteiger charge is 2.37. The number of nitrogens with one attached hydrogen (secondary N) is 1. The van der Waals surface area contributed by atoms with Crippen molar-refractivity contribution in [3.8, 4) is 5.75 Å². The number of fused-ring (bicyclic) bond motifs is 1. The number of ether oxygens (including phenoxy) is 2. The topological polar surface area (TPSA) is 102 Å². The molecule has 0 aromatic heterocycles. The van der Waals surface area contributed by atoms with Crippen molar-refractivity contribution < 1.29 is 37.4 Å². The van der Waals surface area contributed by atoms with Crippen LogP contribution < -0.4 is 15.0 Å². The maximum Gasteiger partial charge on any atom is 0.338 e. The molecule has 4 rings (SSSR count). The molecule has 3 amide bonds. The molecule has 0 aliphatic carbocycles. The first kappa shape index (κ1) is 23.6. The molecule has 1 N–H and O–H groups in total. The summed E-state index contributed by atoms with van der Waals surface area (Å²) in [5, 5.41) is 2.16. The van der Waals surface area contributed by atoms with Gasteiger partial charge < -0.3 is 14.8 Å². The number of benzene rings is 3. The van der Waals surface area contributed by atoms with Crippen molar-refractivity contribution in [2.24, 2.45) is 0 Å². The Hall–Kier alpha value is -4.60. The van der Waals surface area contributed by atoms with Crippen molar-refractivity contribution in [2.45, 2.75) is 6.92 Å². The SMILES string of the molecule is CCOc1ccc(N2C(=O)c3ccc(C(=O)OCC(=O)Nc4ccc(F)cc4F)cc3C2=O)cc1. The Morgan fingerprint density at radius 2 is 1.63 bits per heavy atom. The van der Waals surface area contributed by atoms with Crippen molar-refractivity contribution in [3.05, 3.63) is 89.0 Å². The molecule has 0 unspecified atom stereocenters. The van der Waals surface area contributed by atoms with Gasteiger partial charge in [-0.2, -0.15) is 0 Å². The van der Waals surface area contributed by atoms with E-state index in [1.165, 1.54) is 18.2 Å². The van der Waals surface area contributed by atoms with E-state index in [-0.39, 0.29) is 22.4 Å². The minimum Gasteiger partial charge on any atom is -0.494 e. The molecule has 1 aliphatic rings. The van der Waals surface area contributed by atoms with Gasteiger partial charge in [-0.25, -0.2) is 18.5 Å². The summed E-state index contributed by atoms with van der Waals surface area (Å²) in [5.41, 5.74) is 0.136. The van der Waals surface area contributed by atoms with Crippen molar-refractivity contribution in [1.82, 2.24) is 0 Å². The predicted octanol–water partition coefficient (Wildman–Crippen LogP) is 3.96. The number of halogens is 2. The van der Waals surface area contributed by atoms with Gasteiger partial charge in [0.25, 0.3) is 17.7 Å². The summed E-state index contributed by atoms with van der Waals surface area (Å²) < 4.78 is 36.9. The smallest absolute Gasteiger partial charge is 0.338 e. The average molecular weight is 480 g/mol. The fourth-order valence-corrected chi connectivity index (χ4v) is 3.45. The molecule has 3 aromatic carbocycles. The molecule has 0 fully saturated rings. The molecular weight excluding hydrogens is 462 g/mol. The second-order valence-corrected chi connectivity index (χ2v) is 7.38. The second kappa shape index (κ2) is 9.72. The Morgan fingerprint density at radius 1 is 0.914 bits per heavy atom. The van der Waals surface area contributed by atoms with Gasteiger partial charge in [0, 0.05) is 6.07 Å². The first-order valence-electron chi connectivity index (χ1n) is 10.5. The van der Waals surface area contributed by atoms with Crippen molar-refractivity contribution in [3.63, 3.8) is 0 Å². The van der Waals surface area contributed by atoms with Crippen LogP contribution in [0.2, 0.25) is 0 Å². The Morgan fingerprint density at radius 3 is 2.31 bits per heavy atom. The first-order valence-corrected chi connectivity index (χ1v) is 10.5. The molecule has 1 aliphatic heterocycles. The quantitative estimate of drug-likeness (QED) is 0.406. The van der Waals surface area contributed by atoms with Crippen LogP contribution in [0, 0.1) is 11.6 Å². The third-order valence-corrected chi connectivity index (χ3v) is 5.07. The Balaban J connectivity index is 1.43. The van der Waals surface area contributed by atoms with Crippen LogP contribution in [0.15, 0.2) is 60.7 Å². The molecule has 178 valence electrons. The summed E-state index contributed by atoms with van der Waals surface area (Å²) >= 11 is 0. The predicted molar refractivity (Wildman–Crippen MR) is 120 cm³/mol. The van der Waals surface area contributed by atoms with Crippen molar-refractivity contribution >= 4 is 35.1 Å². The number of esters is 1. The van der Waals surface area contributed by atoms with Gasteiger partial charge in [0.15, 0.2) is 6.61 Å². The van der Waals surface area contributed by atoms with Gasteiger partial charge in [0.2, 0.25) is 0 Å². The number of carbonyl (C=O) groups is 4. The summed E-state index contributed by atoms with van der Waals surface area (Å²) in [6.45, 7) is 1.55. The molecule has 0 spiro atoms. The second-order valence-electron chi connectivity index (χ2n) is 7.38. The van der Waals surface area contributed by atoms with Gasteiger partial charge >= 0.3 is 5.97 Å². The molecule has 1 heterocycles. The largest absolute Gasteiger partial charge is 0.494 e. The number of anilines is 2. The highest BCUT2D eigenvalue weighted by Crippen LogP contribution is 2.30. The third-order valence-electron chi connectivity index (χ3n) is 5.07. The van der Waals surface area contributed by atoms with Crippen molar-refractivity contribution in [2.75, 3.05) is 23.4 Å². The first-order chi connectivity index (χ1) is 16.8. The lowest BCUT2D eigenvalue weighted by Crippen LogP contribution is -2.29. The molecule has 0 bridgehead atoms. The zero-order valence-electron chi connectivity index (χ0n) is 18.3. The molecular formula is C25H18F2N2O6. The number of nitrogens with zero attached hydrogens (tertiary/aromatic N) is 1. The number of amides is 3. The number of hydrogen-bond acceptors (Lipinski definition) is 6. The van der Waals surface area contributed by atoms with Gasteiger partial charge in [0.1, 0.15) is 17.4 Å². The monoisotopic (exact) mass is 480 g/mol. The van der Waals surface area contributed by atoms with Crippen LogP contribution in [-0.2, 0) is 9.53 Å². The number of hydrogen-bond donors (Lipinski definition) is 1. The van der Waals surface area contributed by atoms with Crippen LogP contribution in [0.25, 0.3) is 0 Å². The van der Waals surface area contributed by atoms with Crippen LogP contribution in [-0.4, -0.2) is 36.9 Å². The van der Waals surface area contributed by atoms with Gasteiger partial charge in [0.05, 0.1) is 34.7 Å². The molecule has 0 saturated heterocycles. The minimum absolute atomic E-state index is 0.0103. The molecule has 0 radical (unpaired) electrons. The van der Waals surface area contributed by atoms with Crippen LogP contribution in [0.5, 0.6) is 5.75 Å². The fraction of sp³-hybridized carbons (Fsp3) is 0.120. The highest BCUT2D eigenvalue weighted by molar-refractivity contribution is 6.34. The average Bonchev–Trinajstić information content (AvgIpc) is 3.09. The lowest BCUT2D eigenvalue weighted by molar-refractivity contribution is -0.119. The molecule has 8 nitrogen and oxygen atoms in total. The van der Waals surface area contributed by atoms with E-state index < -0.39 is 41.9 Å². The molecule has 0 saturated carbocycles. The highest BCUT2D eigenvalue weighted by atomic mass is 19.1. The number of imide groups is 1. The van der Waals surface area contributed by atoms with Gasteiger partial charge in [-0.15, -0.1) is 0 Å². The van der Waals surface area contributed by atoms with Gasteiger partial charge in [-0.05, 0) is 61.5 Å². The maximum absolute atomic E-state index is 13.6.